The van der Waals surface area contributed by atoms with Gasteiger partial charge in [0, 0.05) is 0 Å². The van der Waals surface area contributed by atoms with E-state index in [-0.39, 0.29) is 29.6 Å². The molecule has 3 nitrogen and oxygen atoms in total. The smallest absolute Gasteiger partial charge is 0.332 e. The van der Waals surface area contributed by atoms with Crippen molar-refractivity contribution in [3.05, 3.63) is 6.42 Å². The predicted molar refractivity (Wildman–Crippen MR) is 41.2 cm³/mol. The summed E-state index contributed by atoms with van der Waals surface area (Å²) in [7, 11) is 0. The van der Waals surface area contributed by atoms with Crippen molar-refractivity contribution in [3.8, 4) is 0 Å². The van der Waals surface area contributed by atoms with Crippen LogP contribution in [0, 0.1) is 6.42 Å². The topological polar surface area (TPSA) is 60.7 Å². The van der Waals surface area contributed by atoms with Crippen molar-refractivity contribution >= 4 is 18.5 Å². The third-order valence-corrected chi connectivity index (χ3v) is 0.408. The fourth-order valence-electron chi connectivity index (χ4n) is 0. The summed E-state index contributed by atoms with van der Waals surface area (Å²) in [6, 6.07) is 0. The minimum Gasteiger partial charge on any atom is -0.332 e. The van der Waals surface area contributed by atoms with Crippen LogP contribution in [-0.4, -0.2) is 14.7 Å². The van der Waals surface area contributed by atoms with E-state index in [1.54, 1.807) is 0 Å². The zero-order chi connectivity index (χ0) is 7.91. The Morgan fingerprint density at radius 3 is 1.50 bits per heavy atom. The number of rotatable bonds is 1. The van der Waals surface area contributed by atoms with Gasteiger partial charge in [0.25, 0.3) is 0 Å². The second kappa shape index (κ2) is 10.5. The van der Waals surface area contributed by atoms with Crippen molar-refractivity contribution in [1.29, 1.82) is 0 Å². The van der Waals surface area contributed by atoms with Gasteiger partial charge in [-0.25, -0.2) is 0 Å². The molecule has 0 spiro atoms. The van der Waals surface area contributed by atoms with Crippen molar-refractivity contribution in [1.82, 2.24) is 0 Å². The van der Waals surface area contributed by atoms with Crippen LogP contribution >= 0.6 is 6.72 Å². The summed E-state index contributed by atoms with van der Waals surface area (Å²) in [6.45, 7) is 0.375. The molecule has 0 aromatic carbocycles. The van der Waals surface area contributed by atoms with E-state index in [9.17, 15) is 0 Å². The molecule has 0 aliphatic heterocycles. The molecule has 0 aliphatic rings. The summed E-state index contributed by atoms with van der Waals surface area (Å²) >= 11 is 3.60. The van der Waals surface area contributed by atoms with Gasteiger partial charge in [-0.1, -0.05) is 6.92 Å². The molecule has 0 aliphatic carbocycles. The molecule has 0 amide bonds. The first-order valence-electron chi connectivity index (χ1n) is 2.48. The summed E-state index contributed by atoms with van der Waals surface area (Å²) in [5.74, 6) is 0. The molecule has 0 atom stereocenters. The zero-order valence-corrected chi connectivity index (χ0v) is 10.2. The van der Waals surface area contributed by atoms with Crippen LogP contribution in [0.25, 0.3) is 0 Å². The molecular weight excluding hydrogens is 182 g/mol. The summed E-state index contributed by atoms with van der Waals surface area (Å²) in [4.78, 5) is 22.7. The van der Waals surface area contributed by atoms with Gasteiger partial charge in [0.2, 0.25) is 0 Å². The van der Waals surface area contributed by atoms with Gasteiger partial charge in [0.1, 0.15) is 0 Å². The van der Waals surface area contributed by atoms with Crippen LogP contribution in [-0.2, 0) is 11.8 Å². The van der Waals surface area contributed by atoms with Crippen LogP contribution in [0.15, 0.2) is 0 Å². The van der Waals surface area contributed by atoms with Crippen LogP contribution in [0.2, 0.25) is 0 Å². The number of hydrogen-bond acceptors (Lipinski definition) is 1. The summed E-state index contributed by atoms with van der Waals surface area (Å²) in [6.07, 6.45) is 3.32. The molecule has 0 aromatic rings. The molecule has 6 heteroatoms. The van der Waals surface area contributed by atoms with Crippen molar-refractivity contribution < 1.29 is 44.2 Å². The quantitative estimate of drug-likeness (QED) is 0.252. The minimum absolute atomic E-state index is 0. The SMILES string of the molecule is C[CH-]CC.OP(O)(O)=S.[Na+]. The van der Waals surface area contributed by atoms with Crippen LogP contribution in [0.5, 0.6) is 0 Å². The maximum Gasteiger partial charge on any atom is 1.00 e. The molecule has 0 heterocycles. The molecule has 0 radical (unpaired) electrons. The number of unbranched alkanes of at least 4 members (excludes halogenated alkanes) is 1. The fourth-order valence-corrected chi connectivity index (χ4v) is 0. The molecule has 0 unspecified atom stereocenters. The Bertz CT molecular complexity index is 84.2. The predicted octanol–water partition coefficient (Wildman–Crippen LogP) is -2.19. The molecule has 0 fully saturated rings. The standard InChI is InChI=1S/C4H9.Na.H3O3PS/c1-3-4-2;;1-4(2,3)5/h3H,4H2,1-2H3;;(H3,1,2,3,5)/q-1;+1;. The normalized spacial score (nSPS) is 8.90. The molecule has 0 saturated heterocycles. The third kappa shape index (κ3) is 108. The van der Waals surface area contributed by atoms with Crippen molar-refractivity contribution in [3.63, 3.8) is 0 Å². The van der Waals surface area contributed by atoms with Crippen molar-refractivity contribution in [2.45, 2.75) is 20.3 Å². The second-order valence-electron chi connectivity index (χ2n) is 1.33. The van der Waals surface area contributed by atoms with Gasteiger partial charge >= 0.3 is 36.3 Å². The monoisotopic (exact) mass is 194 g/mol. The summed E-state index contributed by atoms with van der Waals surface area (Å²) < 4.78 is 0. The van der Waals surface area contributed by atoms with E-state index >= 15 is 0 Å². The van der Waals surface area contributed by atoms with Gasteiger partial charge in [0.05, 0.1) is 0 Å². The van der Waals surface area contributed by atoms with Crippen LogP contribution in [0.4, 0.5) is 0 Å². The van der Waals surface area contributed by atoms with E-state index in [0.29, 0.717) is 0 Å². The maximum absolute atomic E-state index is 7.56. The van der Waals surface area contributed by atoms with E-state index in [1.165, 1.54) is 6.42 Å². The Morgan fingerprint density at radius 1 is 1.40 bits per heavy atom. The van der Waals surface area contributed by atoms with Gasteiger partial charge in [-0.15, -0.1) is 0 Å². The van der Waals surface area contributed by atoms with E-state index in [0.717, 1.165) is 0 Å². The van der Waals surface area contributed by atoms with E-state index in [4.69, 9.17) is 14.7 Å². The second-order valence-corrected chi connectivity index (χ2v) is 3.83. The van der Waals surface area contributed by atoms with E-state index < -0.39 is 6.72 Å². The van der Waals surface area contributed by atoms with Gasteiger partial charge in [-0.2, -0.15) is 13.3 Å². The van der Waals surface area contributed by atoms with Gasteiger partial charge in [-0.05, 0) is 11.8 Å². The van der Waals surface area contributed by atoms with Gasteiger partial charge in [0.15, 0.2) is 0 Å². The molecule has 3 N–H and O–H groups in total. The Morgan fingerprint density at radius 2 is 1.50 bits per heavy atom. The zero-order valence-electron chi connectivity index (χ0n) is 6.48. The molecule has 0 aromatic heterocycles. The maximum atomic E-state index is 7.56. The Kier molecular flexibility index (Phi) is 18.5. The molecule has 10 heavy (non-hydrogen) atoms. The molecule has 0 saturated carbocycles. The van der Waals surface area contributed by atoms with Crippen LogP contribution in [0.1, 0.15) is 20.3 Å². The average molecular weight is 194 g/mol. The minimum atomic E-state index is -3.81. The summed E-state index contributed by atoms with van der Waals surface area (Å²) in [5.41, 5.74) is 0. The van der Waals surface area contributed by atoms with Crippen LogP contribution in [0.3, 0.4) is 0 Å². The third-order valence-electron chi connectivity index (χ3n) is 0.408. The first-order valence-corrected chi connectivity index (χ1v) is 5.14. The van der Waals surface area contributed by atoms with Crippen molar-refractivity contribution in [2.24, 2.45) is 0 Å². The largest absolute Gasteiger partial charge is 1.00 e. The van der Waals surface area contributed by atoms with Gasteiger partial charge < -0.3 is 21.1 Å². The first-order chi connectivity index (χ1) is 3.91. The molecule has 0 rings (SSSR count). The van der Waals surface area contributed by atoms with E-state index in [1.807, 2.05) is 0 Å². The number of hydrogen-bond donors (Lipinski definition) is 3. The average Bonchev–Trinajstić information content (AvgIpc) is 1.61. The van der Waals surface area contributed by atoms with Crippen LogP contribution < -0.4 is 29.6 Å². The Balaban J connectivity index is -0.0000000910. The molecular formula is C4H12NaO3PS. The molecule has 58 valence electrons. The Labute approximate surface area is 89.0 Å². The Hall–Kier alpha value is 1.53. The summed E-state index contributed by atoms with van der Waals surface area (Å²) in [5, 5.41) is 0. The van der Waals surface area contributed by atoms with E-state index in [2.05, 4.69) is 32.1 Å². The first kappa shape index (κ1) is 17.6. The molecule has 0 bridgehead atoms. The fraction of sp³-hybridized carbons (Fsp3) is 0.750. The van der Waals surface area contributed by atoms with Crippen molar-refractivity contribution in [2.75, 3.05) is 0 Å². The van der Waals surface area contributed by atoms with Gasteiger partial charge in [-0.3, -0.25) is 0 Å².